The quantitative estimate of drug-likeness (QED) is 0.484. The van der Waals surface area contributed by atoms with Gasteiger partial charge >= 0.3 is 0 Å². The van der Waals surface area contributed by atoms with E-state index in [0.29, 0.717) is 42.4 Å². The standard InChI is InChI=1S/C23H25ClN4O4S2/c1-32-20-7-9-21(10-8-20)34(30,31)26-23-25-18(16-33-23)4-11-22(29)28-14-12-27(13-15-28)19-5-2-17(24)3-6-19/h2-3,5-10,16H,4,11-15H2,1H3,(H,25,26). The lowest BCUT2D eigenvalue weighted by molar-refractivity contribution is -0.131. The van der Waals surface area contributed by atoms with E-state index >= 15 is 0 Å². The normalized spacial score (nSPS) is 14.2. The van der Waals surface area contributed by atoms with Gasteiger partial charge in [-0.25, -0.2) is 13.4 Å². The first kappa shape index (κ1) is 24.3. The molecule has 11 heteroatoms. The number of halogens is 1. The van der Waals surface area contributed by atoms with Crippen molar-refractivity contribution >= 4 is 49.7 Å². The number of sulfonamides is 1. The molecule has 2 heterocycles. The van der Waals surface area contributed by atoms with Crippen LogP contribution in [-0.2, 0) is 21.2 Å². The van der Waals surface area contributed by atoms with E-state index in [1.807, 2.05) is 29.2 Å². The lowest BCUT2D eigenvalue weighted by atomic mass is 10.2. The van der Waals surface area contributed by atoms with Crippen LogP contribution in [-0.4, -0.2) is 57.5 Å². The van der Waals surface area contributed by atoms with Crippen LogP contribution in [0.5, 0.6) is 5.75 Å². The zero-order chi connectivity index (χ0) is 24.1. The number of thiazole rings is 1. The lowest BCUT2D eigenvalue weighted by Crippen LogP contribution is -2.48. The van der Waals surface area contributed by atoms with Gasteiger partial charge in [0, 0.05) is 48.7 Å². The van der Waals surface area contributed by atoms with Gasteiger partial charge < -0.3 is 14.5 Å². The number of methoxy groups -OCH3 is 1. The molecule has 3 aromatic rings. The molecule has 180 valence electrons. The molecule has 34 heavy (non-hydrogen) atoms. The molecule has 0 saturated carbocycles. The third-order valence-electron chi connectivity index (χ3n) is 5.56. The molecule has 4 rings (SSSR count). The number of carbonyl (C=O) groups is 1. The largest absolute Gasteiger partial charge is 0.497 e. The van der Waals surface area contributed by atoms with Gasteiger partial charge in [0.15, 0.2) is 5.13 Å². The number of aryl methyl sites for hydroxylation is 1. The van der Waals surface area contributed by atoms with Crippen molar-refractivity contribution in [2.45, 2.75) is 17.7 Å². The third-order valence-corrected chi connectivity index (χ3v) is 8.10. The number of aromatic nitrogens is 1. The van der Waals surface area contributed by atoms with Crippen molar-refractivity contribution in [2.75, 3.05) is 42.9 Å². The summed E-state index contributed by atoms with van der Waals surface area (Å²) >= 11 is 7.16. The van der Waals surface area contributed by atoms with E-state index in [1.54, 1.807) is 17.5 Å². The van der Waals surface area contributed by atoms with E-state index in [1.165, 1.54) is 30.6 Å². The van der Waals surface area contributed by atoms with Crippen LogP contribution in [0.1, 0.15) is 12.1 Å². The molecular formula is C23H25ClN4O4S2. The van der Waals surface area contributed by atoms with Crippen LogP contribution in [0, 0.1) is 0 Å². The first-order valence-electron chi connectivity index (χ1n) is 10.7. The van der Waals surface area contributed by atoms with Gasteiger partial charge in [0.1, 0.15) is 5.75 Å². The van der Waals surface area contributed by atoms with Gasteiger partial charge in [-0.15, -0.1) is 11.3 Å². The zero-order valence-corrected chi connectivity index (χ0v) is 21.0. The molecule has 1 aliphatic rings. The lowest BCUT2D eigenvalue weighted by Gasteiger charge is -2.36. The van der Waals surface area contributed by atoms with Crippen molar-refractivity contribution in [3.63, 3.8) is 0 Å². The molecule has 0 unspecified atom stereocenters. The van der Waals surface area contributed by atoms with Crippen molar-refractivity contribution in [3.8, 4) is 5.75 Å². The molecule has 2 aromatic carbocycles. The van der Waals surface area contributed by atoms with Gasteiger partial charge in [-0.05, 0) is 55.0 Å². The molecule has 0 spiro atoms. The highest BCUT2D eigenvalue weighted by atomic mass is 35.5. The maximum absolute atomic E-state index is 12.7. The minimum Gasteiger partial charge on any atom is -0.497 e. The van der Waals surface area contributed by atoms with E-state index in [0.717, 1.165) is 18.8 Å². The van der Waals surface area contributed by atoms with Crippen LogP contribution in [0.3, 0.4) is 0 Å². The topological polar surface area (TPSA) is 91.8 Å². The summed E-state index contributed by atoms with van der Waals surface area (Å²) in [7, 11) is -2.23. The molecule has 1 aromatic heterocycles. The third kappa shape index (κ3) is 5.99. The minimum absolute atomic E-state index is 0.0733. The summed E-state index contributed by atoms with van der Waals surface area (Å²) in [6.45, 7) is 2.85. The second-order valence-corrected chi connectivity index (χ2v) is 10.7. The number of nitrogens with zero attached hydrogens (tertiary/aromatic N) is 3. The van der Waals surface area contributed by atoms with Crippen LogP contribution in [0.2, 0.25) is 5.02 Å². The van der Waals surface area contributed by atoms with Gasteiger partial charge in [0.25, 0.3) is 10.0 Å². The van der Waals surface area contributed by atoms with E-state index < -0.39 is 10.0 Å². The number of carbonyl (C=O) groups excluding carboxylic acids is 1. The Morgan fingerprint density at radius 2 is 1.76 bits per heavy atom. The fourth-order valence-electron chi connectivity index (χ4n) is 3.66. The Bertz CT molecular complexity index is 1220. The van der Waals surface area contributed by atoms with Gasteiger partial charge in [-0.3, -0.25) is 9.52 Å². The van der Waals surface area contributed by atoms with Crippen LogP contribution >= 0.6 is 22.9 Å². The van der Waals surface area contributed by atoms with Crippen LogP contribution in [0.25, 0.3) is 0 Å². The number of benzene rings is 2. The SMILES string of the molecule is COc1ccc(S(=O)(=O)Nc2nc(CCC(=O)N3CCN(c4ccc(Cl)cc4)CC3)cs2)cc1. The number of nitrogens with one attached hydrogen (secondary N) is 1. The van der Waals surface area contributed by atoms with Crippen molar-refractivity contribution in [3.05, 3.63) is 64.6 Å². The van der Waals surface area contributed by atoms with Gasteiger partial charge in [-0.2, -0.15) is 0 Å². The molecule has 0 aliphatic carbocycles. The molecule has 0 bridgehead atoms. The fraction of sp³-hybridized carbons (Fsp3) is 0.304. The van der Waals surface area contributed by atoms with Crippen LogP contribution < -0.4 is 14.4 Å². The van der Waals surface area contributed by atoms with Crippen LogP contribution in [0.15, 0.2) is 58.8 Å². The maximum Gasteiger partial charge on any atom is 0.263 e. The van der Waals surface area contributed by atoms with E-state index in [4.69, 9.17) is 16.3 Å². The molecule has 8 nitrogen and oxygen atoms in total. The average Bonchev–Trinajstić information content (AvgIpc) is 3.29. The Labute approximate surface area is 208 Å². The summed E-state index contributed by atoms with van der Waals surface area (Å²) in [6.07, 6.45) is 0.784. The van der Waals surface area contributed by atoms with E-state index in [9.17, 15) is 13.2 Å². The smallest absolute Gasteiger partial charge is 0.263 e. The second-order valence-electron chi connectivity index (χ2n) is 7.77. The average molecular weight is 521 g/mol. The van der Waals surface area contributed by atoms with Crippen molar-refractivity contribution < 1.29 is 17.9 Å². The molecule has 1 aliphatic heterocycles. The molecule has 1 saturated heterocycles. The minimum atomic E-state index is -3.75. The molecule has 1 fully saturated rings. The summed E-state index contributed by atoms with van der Waals surface area (Å²) in [5, 5.41) is 2.75. The van der Waals surface area contributed by atoms with Gasteiger partial charge in [0.2, 0.25) is 5.91 Å². The van der Waals surface area contributed by atoms with Crippen molar-refractivity contribution in [2.24, 2.45) is 0 Å². The Hall–Kier alpha value is -2.82. The van der Waals surface area contributed by atoms with E-state index in [-0.39, 0.29) is 15.9 Å². The van der Waals surface area contributed by atoms with Crippen LogP contribution in [0.4, 0.5) is 10.8 Å². The number of piperazine rings is 1. The fourth-order valence-corrected chi connectivity index (χ4v) is 5.78. The maximum atomic E-state index is 12.7. The van der Waals surface area contributed by atoms with Crippen molar-refractivity contribution in [1.82, 2.24) is 9.88 Å². The molecule has 1 amide bonds. The highest BCUT2D eigenvalue weighted by Crippen LogP contribution is 2.23. The molecule has 0 atom stereocenters. The number of rotatable bonds is 8. The highest BCUT2D eigenvalue weighted by molar-refractivity contribution is 7.93. The van der Waals surface area contributed by atoms with Gasteiger partial charge in [0.05, 0.1) is 17.7 Å². The van der Waals surface area contributed by atoms with Crippen molar-refractivity contribution in [1.29, 1.82) is 0 Å². The first-order chi connectivity index (χ1) is 16.3. The predicted octanol–water partition coefficient (Wildman–Crippen LogP) is 3.89. The molecule has 1 N–H and O–H groups in total. The summed E-state index contributed by atoms with van der Waals surface area (Å²) in [6, 6.07) is 13.8. The summed E-state index contributed by atoms with van der Waals surface area (Å²) in [5.41, 5.74) is 1.79. The number of hydrogen-bond acceptors (Lipinski definition) is 7. The number of amides is 1. The number of ether oxygens (including phenoxy) is 1. The predicted molar refractivity (Wildman–Crippen MR) is 134 cm³/mol. The number of hydrogen-bond donors (Lipinski definition) is 1. The highest BCUT2D eigenvalue weighted by Gasteiger charge is 2.22. The Kier molecular flexibility index (Phi) is 7.60. The molecular weight excluding hydrogens is 496 g/mol. The Morgan fingerprint density at radius 1 is 1.09 bits per heavy atom. The molecule has 0 radical (unpaired) electrons. The zero-order valence-electron chi connectivity index (χ0n) is 18.6. The van der Waals surface area contributed by atoms with E-state index in [2.05, 4.69) is 14.6 Å². The number of anilines is 2. The monoisotopic (exact) mass is 520 g/mol. The summed E-state index contributed by atoms with van der Waals surface area (Å²) in [5.74, 6) is 0.649. The Balaban J connectivity index is 1.26. The Morgan fingerprint density at radius 3 is 2.41 bits per heavy atom. The second kappa shape index (κ2) is 10.6. The first-order valence-corrected chi connectivity index (χ1v) is 13.5. The van der Waals surface area contributed by atoms with Gasteiger partial charge in [-0.1, -0.05) is 11.6 Å². The summed E-state index contributed by atoms with van der Waals surface area (Å²) < 4.78 is 32.7. The summed E-state index contributed by atoms with van der Waals surface area (Å²) in [4.78, 5) is 21.2.